The van der Waals surface area contributed by atoms with E-state index in [1.807, 2.05) is 12.1 Å². The first-order valence-corrected chi connectivity index (χ1v) is 15.4. The third-order valence-electron chi connectivity index (χ3n) is 6.81. The Kier molecular flexibility index (Phi) is 6.35. The molecule has 1 aliphatic rings. The lowest BCUT2D eigenvalue weighted by Crippen LogP contribution is -2.23. The molecule has 0 saturated heterocycles. The number of hydrogen-bond acceptors (Lipinski definition) is 1. The number of rotatable bonds is 5. The SMILES string of the molecule is Cc1ccc(C2=CCC(C)(C)c3ccc(C=C(c4ccc(CO)cc4)[Si](C)(C)C)cc32)cc1. The average Bonchev–Trinajstić information content (AvgIpc) is 2.78. The lowest BCUT2D eigenvalue weighted by Gasteiger charge is -2.33. The first kappa shape index (κ1) is 23.5. The van der Waals surface area contributed by atoms with Gasteiger partial charge >= 0.3 is 0 Å². The van der Waals surface area contributed by atoms with E-state index in [1.165, 1.54) is 44.2 Å². The van der Waals surface area contributed by atoms with Crippen LogP contribution in [0.15, 0.2) is 72.8 Å². The first-order valence-electron chi connectivity index (χ1n) is 11.9. The first-order chi connectivity index (χ1) is 15.6. The molecule has 0 aliphatic heterocycles. The maximum absolute atomic E-state index is 9.44. The summed E-state index contributed by atoms with van der Waals surface area (Å²) in [6.45, 7) is 14.1. The summed E-state index contributed by atoms with van der Waals surface area (Å²) in [4.78, 5) is 0. The molecule has 1 nitrogen and oxygen atoms in total. The van der Waals surface area contributed by atoms with Gasteiger partial charge in [0, 0.05) is 0 Å². The van der Waals surface area contributed by atoms with Gasteiger partial charge < -0.3 is 5.11 Å². The molecule has 2 heteroatoms. The molecule has 0 aromatic heterocycles. The number of benzene rings is 3. The number of aliphatic hydroxyl groups is 1. The quantitative estimate of drug-likeness (QED) is 0.307. The Balaban J connectivity index is 1.83. The molecule has 0 atom stereocenters. The average molecular weight is 453 g/mol. The second-order valence-electron chi connectivity index (χ2n) is 11.0. The van der Waals surface area contributed by atoms with Crippen LogP contribution < -0.4 is 0 Å². The maximum atomic E-state index is 9.44. The van der Waals surface area contributed by atoms with Crippen LogP contribution in [0.2, 0.25) is 19.6 Å². The normalized spacial score (nSPS) is 15.7. The van der Waals surface area contributed by atoms with Crippen LogP contribution in [0.5, 0.6) is 0 Å². The van der Waals surface area contributed by atoms with Crippen LogP contribution in [0, 0.1) is 6.92 Å². The molecule has 0 spiro atoms. The minimum absolute atomic E-state index is 0.0843. The molecule has 0 amide bonds. The van der Waals surface area contributed by atoms with Crippen molar-refractivity contribution in [3.63, 3.8) is 0 Å². The summed E-state index contributed by atoms with van der Waals surface area (Å²) < 4.78 is 0. The van der Waals surface area contributed by atoms with Crippen molar-refractivity contribution < 1.29 is 5.11 Å². The van der Waals surface area contributed by atoms with Crippen LogP contribution in [0.25, 0.3) is 16.8 Å². The molecular formula is C31H36OSi. The molecule has 1 aliphatic carbocycles. The van der Waals surface area contributed by atoms with Crippen molar-refractivity contribution >= 4 is 24.9 Å². The van der Waals surface area contributed by atoms with Crippen LogP contribution in [-0.2, 0) is 12.0 Å². The number of hydrogen-bond donors (Lipinski definition) is 1. The van der Waals surface area contributed by atoms with Gasteiger partial charge in [-0.25, -0.2) is 0 Å². The van der Waals surface area contributed by atoms with E-state index in [-0.39, 0.29) is 12.0 Å². The molecule has 0 heterocycles. The largest absolute Gasteiger partial charge is 0.392 e. The minimum atomic E-state index is -1.60. The van der Waals surface area contributed by atoms with Crippen LogP contribution >= 0.6 is 0 Å². The Labute approximate surface area is 200 Å². The van der Waals surface area contributed by atoms with Crippen molar-refractivity contribution in [2.24, 2.45) is 0 Å². The van der Waals surface area contributed by atoms with E-state index in [0.717, 1.165) is 12.0 Å². The van der Waals surface area contributed by atoms with Gasteiger partial charge in [-0.3, -0.25) is 0 Å². The van der Waals surface area contributed by atoms with Gasteiger partial charge in [-0.1, -0.05) is 117 Å². The summed E-state index contributed by atoms with van der Waals surface area (Å²) >= 11 is 0. The van der Waals surface area contributed by atoms with E-state index in [1.54, 1.807) is 0 Å². The molecule has 33 heavy (non-hydrogen) atoms. The third-order valence-corrected chi connectivity index (χ3v) is 8.86. The van der Waals surface area contributed by atoms with E-state index in [0.29, 0.717) is 0 Å². The number of allylic oxidation sites excluding steroid dienone is 1. The highest BCUT2D eigenvalue weighted by Crippen LogP contribution is 2.42. The fraction of sp³-hybridized carbons (Fsp3) is 0.290. The van der Waals surface area contributed by atoms with Crippen molar-refractivity contribution in [1.82, 2.24) is 0 Å². The fourth-order valence-corrected chi connectivity index (χ4v) is 6.37. The molecule has 0 radical (unpaired) electrons. The molecule has 3 aromatic rings. The van der Waals surface area contributed by atoms with Gasteiger partial charge in [0.15, 0.2) is 0 Å². The number of aryl methyl sites for hydroxylation is 1. The van der Waals surface area contributed by atoms with Crippen molar-refractivity contribution in [2.75, 3.05) is 0 Å². The second kappa shape index (κ2) is 8.93. The monoisotopic (exact) mass is 452 g/mol. The number of fused-ring (bicyclic) bond motifs is 1. The summed E-state index contributed by atoms with van der Waals surface area (Å²) in [5.74, 6) is 0. The predicted octanol–water partition coefficient (Wildman–Crippen LogP) is 8.02. The summed E-state index contributed by atoms with van der Waals surface area (Å²) in [5, 5.41) is 10.9. The summed E-state index contributed by atoms with van der Waals surface area (Å²) in [7, 11) is -1.60. The zero-order valence-corrected chi connectivity index (χ0v) is 21.9. The minimum Gasteiger partial charge on any atom is -0.392 e. The van der Waals surface area contributed by atoms with Gasteiger partial charge in [0.2, 0.25) is 0 Å². The van der Waals surface area contributed by atoms with E-state index >= 15 is 0 Å². The highest BCUT2D eigenvalue weighted by atomic mass is 28.3. The van der Waals surface area contributed by atoms with E-state index in [4.69, 9.17) is 0 Å². The second-order valence-corrected chi connectivity index (χ2v) is 16.1. The van der Waals surface area contributed by atoms with Gasteiger partial charge in [0.05, 0.1) is 14.7 Å². The topological polar surface area (TPSA) is 20.2 Å². The molecule has 1 N–H and O–H groups in total. The molecule has 0 unspecified atom stereocenters. The van der Waals surface area contributed by atoms with Crippen molar-refractivity contribution in [3.05, 3.63) is 112 Å². The van der Waals surface area contributed by atoms with Gasteiger partial charge in [-0.15, -0.1) is 0 Å². The van der Waals surface area contributed by atoms with Crippen LogP contribution in [0.3, 0.4) is 0 Å². The smallest absolute Gasteiger partial charge is 0.0784 e. The Morgan fingerprint density at radius 1 is 0.939 bits per heavy atom. The lowest BCUT2D eigenvalue weighted by atomic mass is 9.72. The zero-order chi connectivity index (χ0) is 23.8. The Morgan fingerprint density at radius 2 is 1.61 bits per heavy atom. The van der Waals surface area contributed by atoms with Gasteiger partial charge in [-0.05, 0) is 63.8 Å². The summed E-state index contributed by atoms with van der Waals surface area (Å²) in [6.07, 6.45) is 5.87. The lowest BCUT2D eigenvalue weighted by molar-refractivity contribution is 0.282. The van der Waals surface area contributed by atoms with Gasteiger partial charge in [0.25, 0.3) is 0 Å². The standard InChI is InChI=1S/C31H36OSi/c1-22-7-12-25(13-8-22)27-17-18-31(2,3)29-16-11-24(19-28(27)29)20-30(33(4,5)6)26-14-9-23(21-32)10-15-26/h7-17,19-20,32H,18,21H2,1-6H3. The van der Waals surface area contributed by atoms with E-state index < -0.39 is 8.07 Å². The predicted molar refractivity (Wildman–Crippen MR) is 146 cm³/mol. The van der Waals surface area contributed by atoms with E-state index in [9.17, 15) is 5.11 Å². The molecular weight excluding hydrogens is 416 g/mol. The van der Waals surface area contributed by atoms with Crippen LogP contribution in [0.1, 0.15) is 59.2 Å². The van der Waals surface area contributed by atoms with E-state index in [2.05, 4.69) is 107 Å². The summed E-state index contributed by atoms with van der Waals surface area (Å²) in [5.41, 5.74) is 10.3. The third kappa shape index (κ3) is 4.97. The molecule has 170 valence electrons. The highest BCUT2D eigenvalue weighted by Gasteiger charge is 2.29. The molecule has 0 fully saturated rings. The maximum Gasteiger partial charge on any atom is 0.0784 e. The molecule has 0 saturated carbocycles. The van der Waals surface area contributed by atoms with Crippen LogP contribution in [0.4, 0.5) is 0 Å². The Bertz CT molecular complexity index is 1200. The van der Waals surface area contributed by atoms with Crippen molar-refractivity contribution in [2.45, 2.75) is 58.9 Å². The van der Waals surface area contributed by atoms with Crippen molar-refractivity contribution in [3.8, 4) is 0 Å². The van der Waals surface area contributed by atoms with Gasteiger partial charge in [0.1, 0.15) is 0 Å². The van der Waals surface area contributed by atoms with Gasteiger partial charge in [-0.2, -0.15) is 0 Å². The fourth-order valence-electron chi connectivity index (χ4n) is 4.74. The molecule has 0 bridgehead atoms. The Morgan fingerprint density at radius 3 is 2.21 bits per heavy atom. The Hall–Kier alpha value is -2.68. The summed E-state index contributed by atoms with van der Waals surface area (Å²) in [6, 6.07) is 24.4. The number of aliphatic hydroxyl groups excluding tert-OH is 1. The molecule has 4 rings (SSSR count). The zero-order valence-electron chi connectivity index (χ0n) is 20.9. The highest BCUT2D eigenvalue weighted by molar-refractivity contribution is 6.94. The van der Waals surface area contributed by atoms with Crippen LogP contribution in [-0.4, -0.2) is 13.2 Å². The van der Waals surface area contributed by atoms with Crippen molar-refractivity contribution in [1.29, 1.82) is 0 Å². The molecule has 3 aromatic carbocycles.